The van der Waals surface area contributed by atoms with Gasteiger partial charge in [-0.3, -0.25) is 14.9 Å². The number of rotatable bonds is 8. The van der Waals surface area contributed by atoms with Crippen LogP contribution in [0.2, 0.25) is 10.0 Å². The molecule has 37 heavy (non-hydrogen) atoms. The van der Waals surface area contributed by atoms with Gasteiger partial charge in [0.15, 0.2) is 0 Å². The topological polar surface area (TPSA) is 114 Å². The van der Waals surface area contributed by atoms with Gasteiger partial charge in [0.05, 0.1) is 11.9 Å². The van der Waals surface area contributed by atoms with E-state index in [0.29, 0.717) is 47.1 Å². The second-order valence-corrected chi connectivity index (χ2v) is 13.2. The standard InChI is InChI=1S/C26H33Cl2N5O3S/c1-16(19-10-20(27)12-21(28)11-19)32-8-6-17(7-9-32)15-36-24-13-25(29)33(14-23(24)18-2-3-18)26(30)31-37(34,35)22-4-5-22/h10-14,16-18,22,29H,2-9,15H2,1H3,(H2,30,31)/t16-/m0/s1. The summed E-state index contributed by atoms with van der Waals surface area (Å²) in [6.07, 6.45) is 7.06. The van der Waals surface area contributed by atoms with Gasteiger partial charge in [0.25, 0.3) is 10.0 Å². The van der Waals surface area contributed by atoms with Gasteiger partial charge >= 0.3 is 0 Å². The number of ether oxygens (including phenoxy) is 1. The first-order valence-corrected chi connectivity index (χ1v) is 15.1. The number of halogens is 2. The first-order valence-electron chi connectivity index (χ1n) is 12.8. The van der Waals surface area contributed by atoms with E-state index in [-0.39, 0.29) is 17.5 Å². The average Bonchev–Trinajstić information content (AvgIpc) is 3.74. The highest BCUT2D eigenvalue weighted by Gasteiger charge is 2.36. The minimum atomic E-state index is -3.63. The van der Waals surface area contributed by atoms with Gasteiger partial charge < -0.3 is 10.5 Å². The zero-order valence-electron chi connectivity index (χ0n) is 20.9. The Labute approximate surface area is 228 Å². The second kappa shape index (κ2) is 10.6. The molecule has 0 unspecified atom stereocenters. The van der Waals surface area contributed by atoms with E-state index in [0.717, 1.165) is 49.9 Å². The number of piperidine rings is 1. The van der Waals surface area contributed by atoms with Crippen molar-refractivity contribution < 1.29 is 13.2 Å². The van der Waals surface area contributed by atoms with Gasteiger partial charge in [-0.2, -0.15) is 0 Å². The Morgan fingerprint density at radius 1 is 1.11 bits per heavy atom. The minimum Gasteiger partial charge on any atom is -0.493 e. The summed E-state index contributed by atoms with van der Waals surface area (Å²) in [5.41, 5.74) is 8.16. The minimum absolute atomic E-state index is 0.0514. The lowest BCUT2D eigenvalue weighted by Crippen LogP contribution is -2.37. The molecule has 2 aromatic rings. The molecule has 1 aromatic heterocycles. The summed E-state index contributed by atoms with van der Waals surface area (Å²) in [5, 5.41) is 9.31. The summed E-state index contributed by atoms with van der Waals surface area (Å²) in [4.78, 5) is 2.44. The molecule has 200 valence electrons. The number of pyridine rings is 1. The molecular weight excluding hydrogens is 533 g/mol. The number of nitrogens with zero attached hydrogens (tertiary/aromatic N) is 3. The number of nitrogens with one attached hydrogen (secondary N) is 1. The first-order chi connectivity index (χ1) is 17.6. The lowest BCUT2D eigenvalue weighted by atomic mass is 9.95. The lowest BCUT2D eigenvalue weighted by molar-refractivity contribution is 0.112. The van der Waals surface area contributed by atoms with Crippen LogP contribution < -0.4 is 16.0 Å². The zero-order chi connectivity index (χ0) is 26.3. The Hall–Kier alpha value is -2.07. The smallest absolute Gasteiger partial charge is 0.259 e. The SMILES string of the molecule is C[C@@H](c1cc(Cl)cc(Cl)c1)N1CCC(COc2cc(=N)n(C(N)=NS(=O)(=O)C3CC3)cc2C2CC2)CC1. The maximum Gasteiger partial charge on any atom is 0.259 e. The van der Waals surface area contributed by atoms with Crippen LogP contribution in [0.15, 0.2) is 34.9 Å². The fourth-order valence-electron chi connectivity index (χ4n) is 4.92. The highest BCUT2D eigenvalue weighted by Crippen LogP contribution is 2.44. The van der Waals surface area contributed by atoms with Crippen LogP contribution in [-0.2, 0) is 10.0 Å². The lowest BCUT2D eigenvalue weighted by Gasteiger charge is -2.36. The molecule has 2 saturated carbocycles. The fraction of sp³-hybridized carbons (Fsp3) is 0.538. The Balaban J connectivity index is 1.23. The van der Waals surface area contributed by atoms with E-state index in [9.17, 15) is 8.42 Å². The van der Waals surface area contributed by atoms with Gasteiger partial charge in [0.2, 0.25) is 5.96 Å². The second-order valence-electron chi connectivity index (χ2n) is 10.5. The van der Waals surface area contributed by atoms with Gasteiger partial charge in [-0.1, -0.05) is 23.2 Å². The predicted octanol–water partition coefficient (Wildman–Crippen LogP) is 4.66. The van der Waals surface area contributed by atoms with Crippen LogP contribution >= 0.6 is 23.2 Å². The molecule has 3 fully saturated rings. The van der Waals surface area contributed by atoms with Crippen molar-refractivity contribution in [2.45, 2.75) is 62.7 Å². The van der Waals surface area contributed by atoms with Crippen LogP contribution in [0.1, 0.15) is 68.5 Å². The number of likely N-dealkylation sites (tertiary alicyclic amines) is 1. The summed E-state index contributed by atoms with van der Waals surface area (Å²) in [7, 11) is -3.63. The van der Waals surface area contributed by atoms with Gasteiger partial charge in [0.1, 0.15) is 11.2 Å². The molecule has 1 saturated heterocycles. The number of nitrogens with two attached hydrogens (primary N) is 1. The van der Waals surface area contributed by atoms with Gasteiger partial charge in [-0.25, -0.2) is 8.42 Å². The summed E-state index contributed by atoms with van der Waals surface area (Å²) >= 11 is 12.4. The number of aromatic nitrogens is 1. The Morgan fingerprint density at radius 2 is 1.76 bits per heavy atom. The summed E-state index contributed by atoms with van der Waals surface area (Å²) in [6, 6.07) is 7.58. The van der Waals surface area contributed by atoms with Crippen molar-refractivity contribution in [2.75, 3.05) is 19.7 Å². The Kier molecular flexibility index (Phi) is 7.60. The van der Waals surface area contributed by atoms with Crippen LogP contribution in [0.3, 0.4) is 0 Å². The quantitative estimate of drug-likeness (QED) is 0.357. The van der Waals surface area contributed by atoms with E-state index in [1.165, 1.54) is 4.57 Å². The van der Waals surface area contributed by atoms with E-state index >= 15 is 0 Å². The van der Waals surface area contributed by atoms with Crippen molar-refractivity contribution >= 4 is 39.2 Å². The van der Waals surface area contributed by atoms with Crippen molar-refractivity contribution in [3.63, 3.8) is 0 Å². The van der Waals surface area contributed by atoms with E-state index in [1.54, 1.807) is 18.3 Å². The molecule has 2 aliphatic carbocycles. The van der Waals surface area contributed by atoms with E-state index in [4.69, 9.17) is 39.1 Å². The van der Waals surface area contributed by atoms with Crippen molar-refractivity contribution in [1.82, 2.24) is 9.47 Å². The van der Waals surface area contributed by atoms with Crippen molar-refractivity contribution in [3.05, 3.63) is 57.1 Å². The number of benzene rings is 1. The van der Waals surface area contributed by atoms with E-state index in [1.807, 2.05) is 12.1 Å². The maximum absolute atomic E-state index is 12.3. The van der Waals surface area contributed by atoms with Crippen LogP contribution in [0.5, 0.6) is 5.75 Å². The molecule has 5 rings (SSSR count). The third-order valence-corrected chi connectivity index (χ3v) is 9.74. The molecule has 2 heterocycles. The van der Waals surface area contributed by atoms with Crippen molar-refractivity contribution in [2.24, 2.45) is 16.0 Å². The highest BCUT2D eigenvalue weighted by atomic mass is 35.5. The fourth-order valence-corrected chi connectivity index (χ4v) is 6.69. The Morgan fingerprint density at radius 3 is 2.35 bits per heavy atom. The number of hydrogen-bond acceptors (Lipinski definition) is 5. The summed E-state index contributed by atoms with van der Waals surface area (Å²) in [6.45, 7) is 4.67. The average molecular weight is 567 g/mol. The van der Waals surface area contributed by atoms with Crippen molar-refractivity contribution in [3.8, 4) is 5.75 Å². The summed E-state index contributed by atoms with van der Waals surface area (Å²) in [5.74, 6) is 1.25. The molecule has 1 aromatic carbocycles. The van der Waals surface area contributed by atoms with Crippen LogP contribution in [0.4, 0.5) is 0 Å². The first kappa shape index (κ1) is 26.5. The molecule has 0 bridgehead atoms. The van der Waals surface area contributed by atoms with Gasteiger partial charge in [-0.15, -0.1) is 4.40 Å². The third-order valence-electron chi connectivity index (χ3n) is 7.55. The molecular formula is C26H33Cl2N5O3S. The molecule has 0 spiro atoms. The van der Waals surface area contributed by atoms with Crippen LogP contribution in [0.25, 0.3) is 0 Å². The largest absolute Gasteiger partial charge is 0.493 e. The van der Waals surface area contributed by atoms with E-state index < -0.39 is 15.3 Å². The monoisotopic (exact) mass is 565 g/mol. The van der Waals surface area contributed by atoms with Crippen LogP contribution in [-0.4, -0.2) is 48.8 Å². The van der Waals surface area contributed by atoms with Gasteiger partial charge in [0, 0.05) is 33.9 Å². The number of sulfonamides is 1. The Bertz CT molecular complexity index is 1340. The molecule has 0 amide bonds. The molecule has 1 atom stereocenters. The van der Waals surface area contributed by atoms with Gasteiger partial charge in [-0.05, 0) is 94.1 Å². The third kappa shape index (κ3) is 6.33. The molecule has 8 nitrogen and oxygen atoms in total. The molecule has 3 aliphatic rings. The molecule has 0 radical (unpaired) electrons. The molecule has 1 aliphatic heterocycles. The van der Waals surface area contributed by atoms with Crippen LogP contribution in [0, 0.1) is 11.3 Å². The normalized spacial score (nSPS) is 20.7. The van der Waals surface area contributed by atoms with Crippen molar-refractivity contribution in [1.29, 1.82) is 5.41 Å². The van der Waals surface area contributed by atoms with E-state index in [2.05, 4.69) is 16.2 Å². The summed E-state index contributed by atoms with van der Waals surface area (Å²) < 4.78 is 35.9. The highest BCUT2D eigenvalue weighted by molar-refractivity contribution is 7.91. The molecule has 11 heteroatoms. The zero-order valence-corrected chi connectivity index (χ0v) is 23.2. The maximum atomic E-state index is 12.3. The predicted molar refractivity (Wildman–Crippen MR) is 146 cm³/mol. The number of hydrogen-bond donors (Lipinski definition) is 2. The molecule has 3 N–H and O–H groups in total.